The van der Waals surface area contributed by atoms with E-state index in [0.717, 1.165) is 12.8 Å². The van der Waals surface area contributed by atoms with Crippen LogP contribution in [0.4, 0.5) is 0 Å². The van der Waals surface area contributed by atoms with Crippen LogP contribution < -0.4 is 10.6 Å². The Morgan fingerprint density at radius 3 is 1.35 bits per heavy atom. The minimum Gasteiger partial charge on any atom is -0.354 e. The molecule has 2 amide bonds. The molecule has 0 spiro atoms. The fraction of sp³-hybridized carbons (Fsp3) is 0.846. The van der Waals surface area contributed by atoms with E-state index in [2.05, 4.69) is 10.6 Å². The molecule has 0 saturated carbocycles. The molecule has 0 rings (SSSR count). The number of hydrogen-bond donors (Lipinski definition) is 2. The van der Waals surface area contributed by atoms with Crippen LogP contribution in [0.15, 0.2) is 0 Å². The summed E-state index contributed by atoms with van der Waals surface area (Å²) in [6.45, 7) is 7.75. The smallest absolute Gasteiger partial charge is 0.220 e. The highest BCUT2D eigenvalue weighted by Crippen LogP contribution is 2.00. The molecular weight excluding hydrogens is 216 g/mol. The lowest BCUT2D eigenvalue weighted by Gasteiger charge is -2.09. The third kappa shape index (κ3) is 12.9. The molecule has 0 radical (unpaired) electrons. The summed E-state index contributed by atoms with van der Waals surface area (Å²) in [5, 5.41) is 5.65. The Hall–Kier alpha value is -1.06. The van der Waals surface area contributed by atoms with Crippen molar-refractivity contribution < 1.29 is 9.59 Å². The lowest BCUT2D eigenvalue weighted by molar-refractivity contribution is -0.123. The summed E-state index contributed by atoms with van der Waals surface area (Å²) in [4.78, 5) is 22.5. The topological polar surface area (TPSA) is 58.2 Å². The first-order valence-corrected chi connectivity index (χ1v) is 6.00. The van der Waals surface area contributed by atoms with Crippen molar-refractivity contribution in [3.05, 3.63) is 0 Å². The molecule has 2 N–H and O–H groups in total. The average molecular weight is 244 g/mol. The van der Waals surface area contributed by atoms with Crippen LogP contribution in [-0.2, 0) is 9.59 Å². The Labute approximate surface area is 106 Å². The van der Waals surface area contributed by atoms with Crippen molar-refractivity contribution in [2.75, 3.05) is 0 Å². The maximum absolute atomic E-state index is 11.3. The van der Waals surface area contributed by atoms with Crippen LogP contribution >= 0.6 is 0 Å². The predicted molar refractivity (Wildman–Crippen MR) is 71.8 cm³/mol. The highest BCUT2D eigenvalue weighted by Gasteiger charge is 2.05. The Morgan fingerprint density at radius 2 is 1.12 bits per heavy atom. The van der Waals surface area contributed by atoms with Crippen LogP contribution in [-0.4, -0.2) is 23.9 Å². The number of hydrogen-bond acceptors (Lipinski definition) is 2. The normalized spacial score (nSPS) is 10.0. The summed E-state index contributed by atoms with van der Waals surface area (Å²) in [6, 6.07) is 0.383. The van der Waals surface area contributed by atoms with E-state index in [9.17, 15) is 9.59 Å². The van der Waals surface area contributed by atoms with Gasteiger partial charge in [-0.05, 0) is 40.5 Å². The zero-order valence-electron chi connectivity index (χ0n) is 10.8. The summed E-state index contributed by atoms with van der Waals surface area (Å²) in [5.41, 5.74) is 0. The molecule has 0 aliphatic rings. The van der Waals surface area contributed by atoms with Gasteiger partial charge in [-0.1, -0.05) is 7.43 Å². The minimum atomic E-state index is 0. The number of nitrogens with one attached hydrogen (secondary N) is 2. The molecule has 4 heteroatoms. The van der Waals surface area contributed by atoms with Gasteiger partial charge < -0.3 is 10.6 Å². The van der Waals surface area contributed by atoms with Crippen molar-refractivity contribution >= 4 is 11.8 Å². The van der Waals surface area contributed by atoms with E-state index in [0.29, 0.717) is 12.8 Å². The first-order valence-electron chi connectivity index (χ1n) is 6.00. The van der Waals surface area contributed by atoms with E-state index in [4.69, 9.17) is 0 Å². The van der Waals surface area contributed by atoms with Gasteiger partial charge in [-0.15, -0.1) is 0 Å². The maximum atomic E-state index is 11.3. The van der Waals surface area contributed by atoms with Crippen molar-refractivity contribution in [3.63, 3.8) is 0 Å². The maximum Gasteiger partial charge on any atom is 0.220 e. The Kier molecular flexibility index (Phi) is 10.9. The quantitative estimate of drug-likeness (QED) is 0.675. The predicted octanol–water partition coefficient (Wildman–Crippen LogP) is 2.23. The van der Waals surface area contributed by atoms with Crippen LogP contribution in [0.25, 0.3) is 0 Å². The molecule has 0 aromatic rings. The third-order valence-electron chi connectivity index (χ3n) is 1.96. The van der Waals surface area contributed by atoms with Crippen LogP contribution in [0.5, 0.6) is 0 Å². The molecule has 0 aromatic carbocycles. The van der Waals surface area contributed by atoms with Gasteiger partial charge in [0.1, 0.15) is 0 Å². The van der Waals surface area contributed by atoms with E-state index in [-0.39, 0.29) is 31.3 Å². The standard InChI is InChI=1S/C12H24N2O2.CH4/c1-9(2)13-11(15)7-5-6-8-12(16)14-10(3)4;/h9-10H,5-8H2,1-4H3,(H,13,15)(H,14,16);1H4. The van der Waals surface area contributed by atoms with Crippen molar-refractivity contribution in [2.45, 2.75) is 72.9 Å². The van der Waals surface area contributed by atoms with E-state index in [1.54, 1.807) is 0 Å². The van der Waals surface area contributed by atoms with Gasteiger partial charge in [-0.2, -0.15) is 0 Å². The molecule has 0 saturated heterocycles. The van der Waals surface area contributed by atoms with Crippen LogP contribution in [0.1, 0.15) is 60.8 Å². The fourth-order valence-electron chi connectivity index (χ4n) is 1.36. The van der Waals surface area contributed by atoms with Crippen molar-refractivity contribution in [1.82, 2.24) is 10.6 Å². The second-order valence-corrected chi connectivity index (χ2v) is 4.65. The first kappa shape index (κ1) is 18.3. The summed E-state index contributed by atoms with van der Waals surface area (Å²) in [5.74, 6) is 0.138. The zero-order valence-corrected chi connectivity index (χ0v) is 10.8. The third-order valence-corrected chi connectivity index (χ3v) is 1.96. The van der Waals surface area contributed by atoms with Gasteiger partial charge in [0.25, 0.3) is 0 Å². The second-order valence-electron chi connectivity index (χ2n) is 4.65. The van der Waals surface area contributed by atoms with Crippen LogP contribution in [0, 0.1) is 0 Å². The lowest BCUT2D eigenvalue weighted by Crippen LogP contribution is -2.30. The zero-order chi connectivity index (χ0) is 12.6. The van der Waals surface area contributed by atoms with Crippen LogP contribution in [0.3, 0.4) is 0 Å². The first-order chi connectivity index (χ1) is 7.41. The molecule has 102 valence electrons. The molecular formula is C13H28N2O2. The van der Waals surface area contributed by atoms with Crippen molar-refractivity contribution in [1.29, 1.82) is 0 Å². The number of unbranched alkanes of at least 4 members (excludes halogenated alkanes) is 1. The number of rotatable bonds is 7. The molecule has 0 atom stereocenters. The minimum absolute atomic E-state index is 0. The molecule has 0 aromatic heterocycles. The van der Waals surface area contributed by atoms with Crippen LogP contribution in [0.2, 0.25) is 0 Å². The molecule has 0 aliphatic heterocycles. The van der Waals surface area contributed by atoms with Gasteiger partial charge in [0.15, 0.2) is 0 Å². The largest absolute Gasteiger partial charge is 0.354 e. The number of amides is 2. The molecule has 0 fully saturated rings. The summed E-state index contributed by atoms with van der Waals surface area (Å²) in [6.07, 6.45) is 2.55. The summed E-state index contributed by atoms with van der Waals surface area (Å²) >= 11 is 0. The number of carbonyl (C=O) groups is 2. The second kappa shape index (κ2) is 10.1. The molecule has 17 heavy (non-hydrogen) atoms. The van der Waals surface area contributed by atoms with Gasteiger partial charge >= 0.3 is 0 Å². The highest BCUT2D eigenvalue weighted by molar-refractivity contribution is 5.77. The summed E-state index contributed by atoms with van der Waals surface area (Å²) in [7, 11) is 0. The molecule has 4 nitrogen and oxygen atoms in total. The number of carbonyl (C=O) groups excluding carboxylic acids is 2. The summed E-state index contributed by atoms with van der Waals surface area (Å²) < 4.78 is 0. The van der Waals surface area contributed by atoms with E-state index in [1.807, 2.05) is 27.7 Å². The van der Waals surface area contributed by atoms with Gasteiger partial charge in [0.05, 0.1) is 0 Å². The fourth-order valence-corrected chi connectivity index (χ4v) is 1.36. The Morgan fingerprint density at radius 1 is 0.824 bits per heavy atom. The van der Waals surface area contributed by atoms with E-state index >= 15 is 0 Å². The Bertz CT molecular complexity index is 201. The Balaban J connectivity index is 0. The van der Waals surface area contributed by atoms with Gasteiger partial charge in [-0.3, -0.25) is 9.59 Å². The molecule has 0 heterocycles. The van der Waals surface area contributed by atoms with Gasteiger partial charge in [-0.25, -0.2) is 0 Å². The van der Waals surface area contributed by atoms with Crippen molar-refractivity contribution in [3.8, 4) is 0 Å². The molecule has 0 aliphatic carbocycles. The van der Waals surface area contributed by atoms with E-state index < -0.39 is 0 Å². The average Bonchev–Trinajstić information content (AvgIpc) is 2.10. The monoisotopic (exact) mass is 244 g/mol. The SMILES string of the molecule is C.CC(C)NC(=O)CCCCC(=O)NC(C)C. The highest BCUT2D eigenvalue weighted by atomic mass is 16.2. The molecule has 0 unspecified atom stereocenters. The van der Waals surface area contributed by atoms with Gasteiger partial charge in [0, 0.05) is 24.9 Å². The molecule has 0 bridgehead atoms. The van der Waals surface area contributed by atoms with E-state index in [1.165, 1.54) is 0 Å². The van der Waals surface area contributed by atoms with Crippen molar-refractivity contribution in [2.24, 2.45) is 0 Å². The lowest BCUT2D eigenvalue weighted by atomic mass is 10.1. The van der Waals surface area contributed by atoms with Gasteiger partial charge in [0.2, 0.25) is 11.8 Å².